The molecule has 0 bridgehead atoms. The summed E-state index contributed by atoms with van der Waals surface area (Å²) in [6, 6.07) is 26.4. The molecule has 11 heteroatoms. The molecule has 1 saturated carbocycles. The van der Waals surface area contributed by atoms with Crippen molar-refractivity contribution >= 4 is 78.9 Å². The molecule has 9 nitrogen and oxygen atoms in total. The predicted octanol–water partition coefficient (Wildman–Crippen LogP) is 9.12. The second kappa shape index (κ2) is 12.7. The maximum Gasteiger partial charge on any atom is 0.242 e. The Bertz CT molecular complexity index is 2790. The van der Waals surface area contributed by atoms with Crippen LogP contribution in [0.15, 0.2) is 96.6 Å². The number of fused-ring (bicyclic) bond motifs is 6. The Morgan fingerprint density at radius 2 is 1.67 bits per heavy atom. The zero-order valence-corrected chi connectivity index (χ0v) is 33.4. The smallest absolute Gasteiger partial charge is 0.242 e. The summed E-state index contributed by atoms with van der Waals surface area (Å²) in [6.45, 7) is 5.90. The van der Waals surface area contributed by atoms with Crippen LogP contribution in [0.2, 0.25) is 5.02 Å². The van der Waals surface area contributed by atoms with Crippen molar-refractivity contribution in [1.29, 1.82) is 0 Å². The van der Waals surface area contributed by atoms with Crippen molar-refractivity contribution in [3.63, 3.8) is 0 Å². The molecule has 0 spiro atoms. The van der Waals surface area contributed by atoms with Crippen molar-refractivity contribution in [1.82, 2.24) is 9.78 Å². The molecule has 2 aliphatic heterocycles. The van der Waals surface area contributed by atoms with Gasteiger partial charge in [0.05, 0.1) is 33.7 Å². The molecule has 0 radical (unpaired) electrons. The molecule has 4 heterocycles. The molecule has 10 rings (SSSR count). The number of aryl methyl sites for hydroxylation is 3. The lowest BCUT2D eigenvalue weighted by atomic mass is 9.51. The van der Waals surface area contributed by atoms with Crippen molar-refractivity contribution < 1.29 is 24.3 Å². The standard InChI is InChI=1S/C46H39ClN4O5S/c1-5-24-10-14-27(15-11-24)50-42(53)30-18-17-29-33(38(30)44(50)55)21-34-43(54)51(37-22-35(48-49(37)4)41-23(2)32-20-26(47)13-19-36(32)57-41)45(56)46(34,3)39(29)31-16-12-25-8-6-7-9-28(25)40(31)52/h6-17,19-20,22,30,33-34,38-39,52H,5,18,21H2,1-4H3/t30-,33+,34-,38-,39+,46+/m0/s1. The van der Waals surface area contributed by atoms with Gasteiger partial charge in [0.25, 0.3) is 0 Å². The quantitative estimate of drug-likeness (QED) is 0.138. The van der Waals surface area contributed by atoms with E-state index in [2.05, 4.69) is 6.92 Å². The van der Waals surface area contributed by atoms with Crippen molar-refractivity contribution in [3.8, 4) is 16.3 Å². The van der Waals surface area contributed by atoms with Crippen molar-refractivity contribution in [3.05, 3.63) is 118 Å². The van der Waals surface area contributed by atoms with Gasteiger partial charge in [0, 0.05) is 39.7 Å². The molecule has 2 saturated heterocycles. The molecular formula is C46H39ClN4O5S. The summed E-state index contributed by atoms with van der Waals surface area (Å²) >= 11 is 7.91. The van der Waals surface area contributed by atoms with Gasteiger partial charge >= 0.3 is 0 Å². The highest BCUT2D eigenvalue weighted by Crippen LogP contribution is 2.65. The van der Waals surface area contributed by atoms with Gasteiger partial charge in [0.1, 0.15) is 17.3 Å². The molecule has 286 valence electrons. The predicted molar refractivity (Wildman–Crippen MR) is 222 cm³/mol. The molecule has 1 N–H and O–H groups in total. The van der Waals surface area contributed by atoms with Crippen LogP contribution in [0.1, 0.15) is 49.3 Å². The number of aromatic hydroxyl groups is 1. The number of allylic oxidation sites excluding steroid dienone is 2. The van der Waals surface area contributed by atoms with E-state index >= 15 is 9.59 Å². The maximum absolute atomic E-state index is 15.3. The van der Waals surface area contributed by atoms with Crippen LogP contribution in [0.3, 0.4) is 0 Å². The van der Waals surface area contributed by atoms with Gasteiger partial charge in [-0.1, -0.05) is 78.7 Å². The molecule has 6 aromatic rings. The topological polar surface area (TPSA) is 113 Å². The third-order valence-electron chi connectivity index (χ3n) is 13.3. The Morgan fingerprint density at radius 1 is 0.895 bits per heavy atom. The number of nitrogens with zero attached hydrogens (tertiary/aromatic N) is 4. The summed E-state index contributed by atoms with van der Waals surface area (Å²) in [7, 11) is 1.73. The Hall–Kier alpha value is -5.58. The summed E-state index contributed by atoms with van der Waals surface area (Å²) in [4.78, 5) is 62.5. The minimum atomic E-state index is -1.33. The summed E-state index contributed by atoms with van der Waals surface area (Å²) < 4.78 is 2.63. The molecule has 2 aromatic heterocycles. The lowest BCUT2D eigenvalue weighted by Crippen LogP contribution is -2.49. The van der Waals surface area contributed by atoms with Crippen LogP contribution in [0.4, 0.5) is 11.5 Å². The first-order valence-corrected chi connectivity index (χ1v) is 20.6. The van der Waals surface area contributed by atoms with Gasteiger partial charge in [0.15, 0.2) is 0 Å². The molecule has 4 aliphatic rings. The van der Waals surface area contributed by atoms with E-state index in [1.54, 1.807) is 29.1 Å². The number of hydrogen-bond acceptors (Lipinski definition) is 7. The molecule has 0 unspecified atom stereocenters. The first kappa shape index (κ1) is 35.8. The summed E-state index contributed by atoms with van der Waals surface area (Å²) in [5.41, 5.74) is 3.28. The van der Waals surface area contributed by atoms with E-state index in [0.29, 0.717) is 39.6 Å². The van der Waals surface area contributed by atoms with Crippen LogP contribution < -0.4 is 9.80 Å². The number of rotatable bonds is 5. The number of thiophene rings is 1. The Kier molecular flexibility index (Phi) is 7.99. The van der Waals surface area contributed by atoms with Crippen LogP contribution >= 0.6 is 22.9 Å². The van der Waals surface area contributed by atoms with Gasteiger partial charge in [0.2, 0.25) is 23.6 Å². The maximum atomic E-state index is 15.3. The summed E-state index contributed by atoms with van der Waals surface area (Å²) in [5.74, 6) is -4.38. The average Bonchev–Trinajstić information content (AvgIpc) is 3.88. The van der Waals surface area contributed by atoms with Crippen LogP contribution in [-0.4, -0.2) is 38.5 Å². The lowest BCUT2D eigenvalue weighted by molar-refractivity contribution is -0.131. The number of anilines is 2. The SMILES string of the molecule is CCc1ccc(N2C(=O)[C@H]3[C@H](CC=C4[C@H]3C[C@H]3C(=O)N(c5cc(-c6sc7ccc(Cl)cc7c6C)nn5C)C(=O)[C@@]3(C)[C@H]4c3ccc4ccccc4c3O)C2=O)cc1. The van der Waals surface area contributed by atoms with E-state index in [1.807, 2.05) is 98.8 Å². The number of hydrogen-bond donors (Lipinski definition) is 1. The number of aromatic nitrogens is 2. The highest BCUT2D eigenvalue weighted by molar-refractivity contribution is 7.22. The van der Waals surface area contributed by atoms with Crippen LogP contribution in [0, 0.1) is 36.0 Å². The van der Waals surface area contributed by atoms with E-state index < -0.39 is 40.9 Å². The number of phenolic OH excluding ortho intramolecular Hbond substituents is 1. The zero-order chi connectivity index (χ0) is 39.7. The number of carbonyl (C=O) groups excluding carboxylic acids is 4. The first-order valence-electron chi connectivity index (χ1n) is 19.4. The van der Waals surface area contributed by atoms with E-state index in [9.17, 15) is 14.7 Å². The van der Waals surface area contributed by atoms with Gasteiger partial charge in [-0.3, -0.25) is 28.8 Å². The fourth-order valence-electron chi connectivity index (χ4n) is 10.4. The highest BCUT2D eigenvalue weighted by Gasteiger charge is 2.68. The number of phenols is 1. The van der Waals surface area contributed by atoms with Gasteiger partial charge in [-0.15, -0.1) is 11.3 Å². The van der Waals surface area contributed by atoms with E-state index in [4.69, 9.17) is 16.7 Å². The highest BCUT2D eigenvalue weighted by atomic mass is 35.5. The minimum Gasteiger partial charge on any atom is -0.507 e. The van der Waals surface area contributed by atoms with Crippen LogP contribution in [0.25, 0.3) is 31.4 Å². The molecule has 3 fully saturated rings. The zero-order valence-electron chi connectivity index (χ0n) is 31.8. The Balaban J connectivity index is 1.10. The Labute approximate surface area is 338 Å². The van der Waals surface area contributed by atoms with Gasteiger partial charge < -0.3 is 5.11 Å². The molecule has 4 aromatic carbocycles. The first-order chi connectivity index (χ1) is 27.4. The van der Waals surface area contributed by atoms with Crippen molar-refractivity contribution in [2.45, 2.75) is 46.0 Å². The van der Waals surface area contributed by atoms with Crippen molar-refractivity contribution in [2.24, 2.45) is 36.1 Å². The second-order valence-electron chi connectivity index (χ2n) is 16.1. The average molecular weight is 795 g/mol. The third-order valence-corrected chi connectivity index (χ3v) is 14.9. The third kappa shape index (κ3) is 4.96. The molecule has 4 amide bonds. The normalized spacial score (nSPS) is 25.7. The summed E-state index contributed by atoms with van der Waals surface area (Å²) in [5, 5.41) is 20.0. The minimum absolute atomic E-state index is 0.0371. The monoisotopic (exact) mass is 794 g/mol. The summed E-state index contributed by atoms with van der Waals surface area (Å²) in [6.07, 6.45) is 3.36. The molecular weight excluding hydrogens is 756 g/mol. The number of benzene rings is 4. The van der Waals surface area contributed by atoms with Gasteiger partial charge in [-0.2, -0.15) is 5.10 Å². The Morgan fingerprint density at radius 3 is 2.44 bits per heavy atom. The molecule has 2 aliphatic carbocycles. The second-order valence-corrected chi connectivity index (χ2v) is 17.6. The number of amides is 4. The number of imide groups is 2. The number of halogens is 1. The number of carbonyl (C=O) groups is 4. The van der Waals surface area contributed by atoms with E-state index in [1.165, 1.54) is 9.80 Å². The fraction of sp³-hybridized carbons (Fsp3) is 0.283. The van der Waals surface area contributed by atoms with Crippen molar-refractivity contribution in [2.75, 3.05) is 9.80 Å². The molecule has 57 heavy (non-hydrogen) atoms. The lowest BCUT2D eigenvalue weighted by Gasteiger charge is -2.49. The molecule has 6 atom stereocenters. The fourth-order valence-corrected chi connectivity index (χ4v) is 11.8. The van der Waals surface area contributed by atoms with Crippen LogP contribution in [0.5, 0.6) is 5.75 Å². The van der Waals surface area contributed by atoms with Gasteiger partial charge in [-0.25, -0.2) is 4.90 Å². The van der Waals surface area contributed by atoms with Gasteiger partial charge in [-0.05, 0) is 91.3 Å². The largest absolute Gasteiger partial charge is 0.507 e. The van der Waals surface area contributed by atoms with E-state index in [-0.39, 0.29) is 29.9 Å². The van der Waals surface area contributed by atoms with E-state index in [0.717, 1.165) is 43.5 Å². The van der Waals surface area contributed by atoms with Crippen LogP contribution in [-0.2, 0) is 32.6 Å².